The van der Waals surface area contributed by atoms with Crippen LogP contribution in [0.4, 0.5) is 0 Å². The number of fused-ring (bicyclic) bond motifs is 2. The van der Waals surface area contributed by atoms with Crippen molar-refractivity contribution < 1.29 is 9.53 Å². The third kappa shape index (κ3) is 4.26. The Hall–Kier alpha value is -2.80. The number of carbonyl (C=O) groups is 1. The van der Waals surface area contributed by atoms with Crippen LogP contribution in [0.2, 0.25) is 0 Å². The molecule has 6 nitrogen and oxygen atoms in total. The third-order valence-electron chi connectivity index (χ3n) is 6.96. The van der Waals surface area contributed by atoms with Crippen molar-refractivity contribution in [3.63, 3.8) is 0 Å². The number of amides is 1. The van der Waals surface area contributed by atoms with Crippen LogP contribution in [0.25, 0.3) is 16.6 Å². The minimum Gasteiger partial charge on any atom is -0.495 e. The van der Waals surface area contributed by atoms with Gasteiger partial charge in [0.1, 0.15) is 5.75 Å². The van der Waals surface area contributed by atoms with Crippen LogP contribution in [0.15, 0.2) is 58.5 Å². The van der Waals surface area contributed by atoms with Gasteiger partial charge in [-0.15, -0.1) is 0 Å². The van der Waals surface area contributed by atoms with Gasteiger partial charge in [-0.25, -0.2) is 4.98 Å². The normalized spacial score (nSPS) is 20.5. The number of para-hydroxylation sites is 3. The van der Waals surface area contributed by atoms with Crippen molar-refractivity contribution in [1.29, 1.82) is 0 Å². The maximum atomic E-state index is 13.5. The van der Waals surface area contributed by atoms with Crippen LogP contribution >= 0.6 is 11.8 Å². The lowest BCUT2D eigenvalue weighted by Crippen LogP contribution is -2.50. The highest BCUT2D eigenvalue weighted by molar-refractivity contribution is 7.99. The van der Waals surface area contributed by atoms with Gasteiger partial charge >= 0.3 is 0 Å². The zero-order chi connectivity index (χ0) is 22.8. The first-order valence-electron chi connectivity index (χ1n) is 11.7. The van der Waals surface area contributed by atoms with E-state index in [2.05, 4.69) is 4.90 Å². The van der Waals surface area contributed by atoms with E-state index in [9.17, 15) is 9.59 Å². The number of nitrogens with zero attached hydrogens (tertiary/aromatic N) is 3. The van der Waals surface area contributed by atoms with E-state index in [1.807, 2.05) is 42.5 Å². The molecule has 0 bridgehead atoms. The van der Waals surface area contributed by atoms with Gasteiger partial charge in [0.2, 0.25) is 5.91 Å². The Morgan fingerprint density at radius 1 is 1.06 bits per heavy atom. The van der Waals surface area contributed by atoms with Crippen molar-refractivity contribution in [3.05, 3.63) is 58.9 Å². The Bertz CT molecular complexity index is 1220. The van der Waals surface area contributed by atoms with E-state index in [-0.39, 0.29) is 17.2 Å². The fourth-order valence-electron chi connectivity index (χ4n) is 5.38. The molecule has 1 aliphatic carbocycles. The van der Waals surface area contributed by atoms with Crippen LogP contribution in [-0.2, 0) is 4.79 Å². The summed E-state index contributed by atoms with van der Waals surface area (Å²) in [6.07, 6.45) is 7.16. The number of rotatable bonds is 5. The van der Waals surface area contributed by atoms with E-state index in [4.69, 9.17) is 9.72 Å². The highest BCUT2D eigenvalue weighted by Crippen LogP contribution is 2.36. The molecule has 1 saturated heterocycles. The Kier molecular flexibility index (Phi) is 6.40. The van der Waals surface area contributed by atoms with Gasteiger partial charge in [0.15, 0.2) is 5.16 Å². The number of aromatic nitrogens is 2. The molecule has 1 saturated carbocycles. The summed E-state index contributed by atoms with van der Waals surface area (Å²) in [5.41, 5.74) is 1.10. The molecule has 3 aromatic rings. The number of ether oxygens (including phenoxy) is 1. The molecule has 2 aliphatic rings. The lowest BCUT2D eigenvalue weighted by Gasteiger charge is -2.44. The summed E-state index contributed by atoms with van der Waals surface area (Å²) < 4.78 is 7.11. The molecule has 0 N–H and O–H groups in total. The van der Waals surface area contributed by atoms with Crippen LogP contribution in [-0.4, -0.2) is 45.8 Å². The standard InChI is InChI=1S/C26H29N3O3S/c1-32-23-15-7-6-14-22(23)29-25(31)19-11-3-4-12-20(19)27-26(29)33-17-24(30)28-16-8-10-18-9-2-5-13-21(18)28/h3-4,6-7,11-12,14-15,18,21H,2,5,8-10,13,16-17H2,1H3/t18-,21+/m1/s1. The van der Waals surface area contributed by atoms with E-state index in [1.165, 1.54) is 37.4 Å². The molecule has 2 fully saturated rings. The van der Waals surface area contributed by atoms with E-state index in [0.717, 1.165) is 19.4 Å². The SMILES string of the molecule is COc1ccccc1-n1c(SCC(=O)N2CCC[C@H]3CCCC[C@@H]32)nc2ccccc2c1=O. The van der Waals surface area contributed by atoms with E-state index in [1.54, 1.807) is 17.7 Å². The molecule has 2 heterocycles. The highest BCUT2D eigenvalue weighted by atomic mass is 32.2. The molecule has 2 aromatic carbocycles. The zero-order valence-corrected chi connectivity index (χ0v) is 19.7. The van der Waals surface area contributed by atoms with Gasteiger partial charge in [0.25, 0.3) is 5.56 Å². The van der Waals surface area contributed by atoms with Gasteiger partial charge in [-0.3, -0.25) is 14.2 Å². The van der Waals surface area contributed by atoms with Gasteiger partial charge in [-0.2, -0.15) is 0 Å². The molecule has 5 rings (SSSR count). The first-order chi connectivity index (χ1) is 16.2. The fourth-order valence-corrected chi connectivity index (χ4v) is 6.27. The molecule has 0 spiro atoms. The van der Waals surface area contributed by atoms with E-state index >= 15 is 0 Å². The Balaban J connectivity index is 1.48. The summed E-state index contributed by atoms with van der Waals surface area (Å²) in [4.78, 5) is 33.7. The van der Waals surface area contributed by atoms with Crippen LogP contribution in [0.5, 0.6) is 5.75 Å². The Labute approximate surface area is 198 Å². The zero-order valence-electron chi connectivity index (χ0n) is 18.9. The summed E-state index contributed by atoms with van der Waals surface area (Å²) in [5, 5.41) is 1.05. The summed E-state index contributed by atoms with van der Waals surface area (Å²) in [5.74, 6) is 1.65. The summed E-state index contributed by atoms with van der Waals surface area (Å²) in [6.45, 7) is 0.838. The van der Waals surface area contributed by atoms with Gasteiger partial charge in [-0.1, -0.05) is 48.9 Å². The quantitative estimate of drug-likeness (QED) is 0.407. The molecule has 172 valence electrons. The maximum Gasteiger partial charge on any atom is 0.266 e. The molecule has 2 atom stereocenters. The third-order valence-corrected chi connectivity index (χ3v) is 7.88. The second kappa shape index (κ2) is 9.59. The largest absolute Gasteiger partial charge is 0.495 e. The summed E-state index contributed by atoms with van der Waals surface area (Å²) in [6, 6.07) is 15.1. The van der Waals surface area contributed by atoms with Crippen LogP contribution in [0.3, 0.4) is 0 Å². The topological polar surface area (TPSA) is 64.4 Å². The molecule has 33 heavy (non-hydrogen) atoms. The lowest BCUT2D eigenvalue weighted by molar-refractivity contribution is -0.134. The molecule has 1 amide bonds. The van der Waals surface area contributed by atoms with E-state index in [0.29, 0.717) is 39.5 Å². The molecule has 1 aliphatic heterocycles. The molecule has 0 radical (unpaired) electrons. The number of likely N-dealkylation sites (tertiary alicyclic amines) is 1. The minimum absolute atomic E-state index is 0.144. The maximum absolute atomic E-state index is 13.5. The van der Waals surface area contributed by atoms with Gasteiger partial charge in [-0.05, 0) is 55.9 Å². The first-order valence-corrected chi connectivity index (χ1v) is 12.7. The number of thioether (sulfide) groups is 1. The molecular formula is C26H29N3O3S. The molecule has 7 heteroatoms. The van der Waals surface area contributed by atoms with Crippen molar-refractivity contribution in [2.45, 2.75) is 49.7 Å². The number of piperidine rings is 1. The Morgan fingerprint density at radius 2 is 1.82 bits per heavy atom. The van der Waals surface area contributed by atoms with Crippen molar-refractivity contribution in [1.82, 2.24) is 14.5 Å². The van der Waals surface area contributed by atoms with Crippen LogP contribution in [0.1, 0.15) is 38.5 Å². The minimum atomic E-state index is -0.162. The van der Waals surface area contributed by atoms with Gasteiger partial charge in [0, 0.05) is 12.6 Å². The monoisotopic (exact) mass is 463 g/mol. The predicted molar refractivity (Wildman–Crippen MR) is 131 cm³/mol. The number of methoxy groups -OCH3 is 1. The molecule has 1 aromatic heterocycles. The summed E-state index contributed by atoms with van der Waals surface area (Å²) >= 11 is 1.34. The number of benzene rings is 2. The van der Waals surface area contributed by atoms with Gasteiger partial charge in [0.05, 0.1) is 29.5 Å². The number of carbonyl (C=O) groups excluding carboxylic acids is 1. The average Bonchev–Trinajstić information content (AvgIpc) is 2.87. The second-order valence-corrected chi connectivity index (χ2v) is 9.80. The smallest absolute Gasteiger partial charge is 0.266 e. The average molecular weight is 464 g/mol. The number of hydrogen-bond acceptors (Lipinski definition) is 5. The first kappa shape index (κ1) is 22.0. The predicted octanol–water partition coefficient (Wildman–Crippen LogP) is 4.67. The van der Waals surface area contributed by atoms with E-state index < -0.39 is 0 Å². The summed E-state index contributed by atoms with van der Waals surface area (Å²) in [7, 11) is 1.59. The van der Waals surface area contributed by atoms with Crippen molar-refractivity contribution in [3.8, 4) is 11.4 Å². The van der Waals surface area contributed by atoms with Crippen LogP contribution < -0.4 is 10.3 Å². The molecular weight excluding hydrogens is 434 g/mol. The van der Waals surface area contributed by atoms with Gasteiger partial charge < -0.3 is 9.64 Å². The Morgan fingerprint density at radius 3 is 2.70 bits per heavy atom. The highest BCUT2D eigenvalue weighted by Gasteiger charge is 2.35. The van der Waals surface area contributed by atoms with Crippen molar-refractivity contribution in [2.75, 3.05) is 19.4 Å². The number of hydrogen-bond donors (Lipinski definition) is 0. The second-order valence-electron chi connectivity index (χ2n) is 8.85. The fraction of sp³-hybridized carbons (Fsp3) is 0.423. The van der Waals surface area contributed by atoms with Crippen LogP contribution in [0, 0.1) is 5.92 Å². The lowest BCUT2D eigenvalue weighted by atomic mass is 9.78. The van der Waals surface area contributed by atoms with Crippen molar-refractivity contribution >= 4 is 28.6 Å². The van der Waals surface area contributed by atoms with Crippen molar-refractivity contribution in [2.24, 2.45) is 5.92 Å². The molecule has 0 unspecified atom stereocenters.